The Morgan fingerprint density at radius 2 is 1.73 bits per heavy atom. The van der Waals surface area contributed by atoms with Crippen molar-refractivity contribution in [1.29, 1.82) is 0 Å². The van der Waals surface area contributed by atoms with Crippen LogP contribution in [0.3, 0.4) is 0 Å². The average Bonchev–Trinajstić information content (AvgIpc) is 3.04. The van der Waals surface area contributed by atoms with E-state index in [1.54, 1.807) is 18.9 Å². The van der Waals surface area contributed by atoms with Crippen LogP contribution < -0.4 is 9.47 Å². The van der Waals surface area contributed by atoms with Gasteiger partial charge in [-0.05, 0) is 31.2 Å². The summed E-state index contributed by atoms with van der Waals surface area (Å²) in [6.07, 6.45) is 1.83. The van der Waals surface area contributed by atoms with Crippen LogP contribution in [0.5, 0.6) is 11.5 Å². The molecule has 6 nitrogen and oxygen atoms in total. The molecule has 0 radical (unpaired) electrons. The largest absolute Gasteiger partial charge is 0.497 e. The van der Waals surface area contributed by atoms with E-state index in [2.05, 4.69) is 15.3 Å². The van der Waals surface area contributed by atoms with Crippen LogP contribution in [0.25, 0.3) is 17.1 Å². The summed E-state index contributed by atoms with van der Waals surface area (Å²) < 4.78 is 12.2. The third-order valence-electron chi connectivity index (χ3n) is 3.25. The molecule has 2 aromatic heterocycles. The highest BCUT2D eigenvalue weighted by Gasteiger charge is 2.09. The highest BCUT2D eigenvalue weighted by molar-refractivity contribution is 5.63. The van der Waals surface area contributed by atoms with Gasteiger partial charge in [-0.2, -0.15) is 0 Å². The molecule has 0 unspecified atom stereocenters. The molecule has 0 atom stereocenters. The number of aryl methyl sites for hydroxylation is 1. The molecule has 3 aromatic rings. The molecule has 1 aromatic carbocycles. The predicted octanol–water partition coefficient (Wildman–Crippen LogP) is 2.65. The summed E-state index contributed by atoms with van der Waals surface area (Å²) in [6.45, 7) is 1.94. The topological polar surface area (TPSA) is 62.1 Å². The van der Waals surface area contributed by atoms with E-state index in [-0.39, 0.29) is 0 Å². The lowest BCUT2D eigenvalue weighted by Gasteiger charge is -2.06. The smallest absolute Gasteiger partial charge is 0.155 e. The first kappa shape index (κ1) is 14.1. The molecular weight excluding hydrogens is 280 g/mol. The molecule has 0 aliphatic heterocycles. The highest BCUT2D eigenvalue weighted by Crippen LogP contribution is 2.28. The number of rotatable bonds is 4. The van der Waals surface area contributed by atoms with Crippen molar-refractivity contribution in [3.63, 3.8) is 0 Å². The highest BCUT2D eigenvalue weighted by atomic mass is 16.5. The number of hydrogen-bond donors (Lipinski definition) is 0. The quantitative estimate of drug-likeness (QED) is 0.740. The lowest BCUT2D eigenvalue weighted by Crippen LogP contribution is -1.98. The molecule has 0 saturated carbocycles. The lowest BCUT2D eigenvalue weighted by molar-refractivity contribution is 0.394. The minimum atomic E-state index is 0.706. The number of aromatic nitrogens is 4. The van der Waals surface area contributed by atoms with Gasteiger partial charge in [-0.25, -0.2) is 9.67 Å². The minimum Gasteiger partial charge on any atom is -0.497 e. The normalized spacial score (nSPS) is 10.5. The predicted molar refractivity (Wildman–Crippen MR) is 82.4 cm³/mol. The van der Waals surface area contributed by atoms with Crippen LogP contribution in [0.4, 0.5) is 0 Å². The Bertz CT molecular complexity index is 776. The average molecular weight is 296 g/mol. The number of pyridine rings is 1. The van der Waals surface area contributed by atoms with Crippen molar-refractivity contribution in [2.24, 2.45) is 0 Å². The Morgan fingerprint density at radius 1 is 1.00 bits per heavy atom. The molecule has 0 amide bonds. The van der Waals surface area contributed by atoms with Gasteiger partial charge in [-0.3, -0.25) is 0 Å². The summed E-state index contributed by atoms with van der Waals surface area (Å²) in [6, 6.07) is 11.4. The summed E-state index contributed by atoms with van der Waals surface area (Å²) in [7, 11) is 3.23. The van der Waals surface area contributed by atoms with Gasteiger partial charge >= 0.3 is 0 Å². The molecule has 0 N–H and O–H groups in total. The SMILES string of the molecule is COc1cc(OC)cc(-c2cn(-c3cccc(C)n3)nn2)c1. The van der Waals surface area contributed by atoms with E-state index in [4.69, 9.17) is 9.47 Å². The fourth-order valence-electron chi connectivity index (χ4n) is 2.12. The van der Waals surface area contributed by atoms with Crippen LogP contribution in [-0.2, 0) is 0 Å². The van der Waals surface area contributed by atoms with Crippen molar-refractivity contribution in [3.8, 4) is 28.6 Å². The summed E-state index contributed by atoms with van der Waals surface area (Å²) in [5, 5.41) is 8.34. The van der Waals surface area contributed by atoms with Gasteiger partial charge < -0.3 is 9.47 Å². The molecule has 112 valence electrons. The number of methoxy groups -OCH3 is 2. The number of nitrogens with zero attached hydrogens (tertiary/aromatic N) is 4. The van der Waals surface area contributed by atoms with E-state index in [0.717, 1.165) is 22.8 Å². The van der Waals surface area contributed by atoms with Crippen LogP contribution in [0.15, 0.2) is 42.6 Å². The lowest BCUT2D eigenvalue weighted by atomic mass is 10.1. The zero-order chi connectivity index (χ0) is 15.5. The van der Waals surface area contributed by atoms with Crippen molar-refractivity contribution in [2.75, 3.05) is 14.2 Å². The third kappa shape index (κ3) is 2.76. The Balaban J connectivity index is 2.00. The molecular formula is C16H16N4O2. The first-order chi connectivity index (χ1) is 10.7. The number of hydrogen-bond acceptors (Lipinski definition) is 5. The maximum absolute atomic E-state index is 5.28. The molecule has 0 fully saturated rings. The fourth-order valence-corrected chi connectivity index (χ4v) is 2.12. The molecule has 6 heteroatoms. The first-order valence-corrected chi connectivity index (χ1v) is 6.79. The maximum Gasteiger partial charge on any atom is 0.155 e. The summed E-state index contributed by atoms with van der Waals surface area (Å²) in [4.78, 5) is 4.43. The van der Waals surface area contributed by atoms with Crippen molar-refractivity contribution < 1.29 is 9.47 Å². The second kappa shape index (κ2) is 5.85. The third-order valence-corrected chi connectivity index (χ3v) is 3.25. The van der Waals surface area contributed by atoms with Crippen molar-refractivity contribution in [2.45, 2.75) is 6.92 Å². The van der Waals surface area contributed by atoms with E-state index < -0.39 is 0 Å². The maximum atomic E-state index is 5.28. The van der Waals surface area contributed by atoms with Gasteiger partial charge in [0.1, 0.15) is 17.2 Å². The van der Waals surface area contributed by atoms with E-state index in [0.29, 0.717) is 11.5 Å². The van der Waals surface area contributed by atoms with Crippen molar-refractivity contribution in [1.82, 2.24) is 20.0 Å². The Labute approximate surface area is 128 Å². The van der Waals surface area contributed by atoms with Crippen LogP contribution in [0.2, 0.25) is 0 Å². The van der Waals surface area contributed by atoms with Crippen LogP contribution in [0.1, 0.15) is 5.69 Å². The second-order valence-corrected chi connectivity index (χ2v) is 4.79. The van der Waals surface area contributed by atoms with E-state index in [1.165, 1.54) is 0 Å². The Hall–Kier alpha value is -2.89. The van der Waals surface area contributed by atoms with Gasteiger partial charge in [0.25, 0.3) is 0 Å². The van der Waals surface area contributed by atoms with Gasteiger partial charge in [0.15, 0.2) is 5.82 Å². The molecule has 0 aliphatic carbocycles. The van der Waals surface area contributed by atoms with Crippen LogP contribution >= 0.6 is 0 Å². The van der Waals surface area contributed by atoms with Crippen LogP contribution in [0, 0.1) is 6.92 Å². The van der Waals surface area contributed by atoms with Crippen molar-refractivity contribution >= 4 is 0 Å². The van der Waals surface area contributed by atoms with Gasteiger partial charge in [0.2, 0.25) is 0 Å². The number of ether oxygens (including phenoxy) is 2. The van der Waals surface area contributed by atoms with Crippen LogP contribution in [-0.4, -0.2) is 34.2 Å². The van der Waals surface area contributed by atoms with E-state index in [9.17, 15) is 0 Å². The monoisotopic (exact) mass is 296 g/mol. The first-order valence-electron chi connectivity index (χ1n) is 6.79. The zero-order valence-electron chi connectivity index (χ0n) is 12.6. The summed E-state index contributed by atoms with van der Waals surface area (Å²) in [5.74, 6) is 2.14. The minimum absolute atomic E-state index is 0.706. The zero-order valence-corrected chi connectivity index (χ0v) is 12.6. The van der Waals surface area contributed by atoms with E-state index in [1.807, 2.05) is 49.5 Å². The van der Waals surface area contributed by atoms with Gasteiger partial charge in [0, 0.05) is 17.3 Å². The van der Waals surface area contributed by atoms with Crippen molar-refractivity contribution in [3.05, 3.63) is 48.3 Å². The standard InChI is InChI=1S/C16H16N4O2/c1-11-5-4-6-16(17-11)20-10-15(18-19-20)12-7-13(21-2)9-14(8-12)22-3/h4-10H,1-3H3. The molecule has 22 heavy (non-hydrogen) atoms. The second-order valence-electron chi connectivity index (χ2n) is 4.79. The number of benzene rings is 1. The summed E-state index contributed by atoms with van der Waals surface area (Å²) >= 11 is 0. The molecule has 3 rings (SSSR count). The molecule has 0 spiro atoms. The van der Waals surface area contributed by atoms with E-state index >= 15 is 0 Å². The molecule has 0 saturated heterocycles. The molecule has 0 aliphatic rings. The Kier molecular flexibility index (Phi) is 3.74. The molecule has 0 bridgehead atoms. The van der Waals surface area contributed by atoms with Gasteiger partial charge in [-0.1, -0.05) is 11.3 Å². The Morgan fingerprint density at radius 3 is 2.36 bits per heavy atom. The summed E-state index contributed by atoms with van der Waals surface area (Å²) in [5.41, 5.74) is 2.52. The fraction of sp³-hybridized carbons (Fsp3) is 0.188. The van der Waals surface area contributed by atoms with Gasteiger partial charge in [-0.15, -0.1) is 5.10 Å². The van der Waals surface area contributed by atoms with Gasteiger partial charge in [0.05, 0.1) is 20.4 Å². The molecule has 2 heterocycles.